The van der Waals surface area contributed by atoms with Crippen molar-refractivity contribution in [3.05, 3.63) is 0 Å². The summed E-state index contributed by atoms with van der Waals surface area (Å²) < 4.78 is 0. The van der Waals surface area contributed by atoms with E-state index in [2.05, 4.69) is 12.5 Å². The third kappa shape index (κ3) is 1.16. The summed E-state index contributed by atoms with van der Waals surface area (Å²) >= 11 is 4.05. The fraction of sp³-hybridized carbons (Fsp3) is 1.00. The van der Waals surface area contributed by atoms with Gasteiger partial charge >= 0.3 is 0 Å². The fourth-order valence-electron chi connectivity index (χ4n) is 0.978. The van der Waals surface area contributed by atoms with Crippen LogP contribution in [-0.2, 0) is 0 Å². The lowest BCUT2D eigenvalue weighted by molar-refractivity contribution is 0.542. The van der Waals surface area contributed by atoms with Crippen molar-refractivity contribution in [1.82, 2.24) is 0 Å². The quantitative estimate of drug-likeness (QED) is 0.589. The Balaban J connectivity index is 2.16. The van der Waals surface area contributed by atoms with Gasteiger partial charge in [0.05, 0.1) is 0 Å². The number of hydrogen-bond acceptors (Lipinski definition) is 2. The molecule has 0 aromatic heterocycles. The van der Waals surface area contributed by atoms with Gasteiger partial charge in [-0.05, 0) is 25.4 Å². The summed E-state index contributed by atoms with van der Waals surface area (Å²) in [6, 6.07) is 0. The molecule has 1 aliphatic rings. The van der Waals surface area contributed by atoms with Crippen LogP contribution >= 0.6 is 23.5 Å². The first-order chi connectivity index (χ1) is 3.88. The van der Waals surface area contributed by atoms with Crippen molar-refractivity contribution < 1.29 is 0 Å². The maximum atomic E-state index is 2.22. The van der Waals surface area contributed by atoms with Crippen LogP contribution in [0.1, 0.15) is 12.8 Å². The Labute approximate surface area is 59.8 Å². The molecule has 0 bridgehead atoms. The molecule has 0 radical (unpaired) electrons. The highest BCUT2D eigenvalue weighted by Gasteiger charge is 2.28. The fourth-order valence-corrected chi connectivity index (χ4v) is 3.27. The molecule has 2 atom stereocenters. The zero-order chi connectivity index (χ0) is 5.98. The van der Waals surface area contributed by atoms with E-state index in [1.54, 1.807) is 0 Å². The van der Waals surface area contributed by atoms with E-state index >= 15 is 0 Å². The second kappa shape index (κ2) is 3.02. The molecule has 1 rings (SSSR count). The average molecular weight is 148 g/mol. The summed E-state index contributed by atoms with van der Waals surface area (Å²) in [5, 5.41) is 1.95. The molecule has 0 aliphatic heterocycles. The Morgan fingerprint density at radius 1 is 1.00 bits per heavy atom. The minimum Gasteiger partial charge on any atom is -0.161 e. The van der Waals surface area contributed by atoms with Crippen LogP contribution in [0.2, 0.25) is 0 Å². The molecule has 48 valence electrons. The van der Waals surface area contributed by atoms with Gasteiger partial charge in [-0.1, -0.05) is 0 Å². The molecule has 0 saturated heterocycles. The summed E-state index contributed by atoms with van der Waals surface area (Å²) in [6.07, 6.45) is 7.33. The monoisotopic (exact) mass is 148 g/mol. The first-order valence-corrected chi connectivity index (χ1v) is 5.51. The normalized spacial score (nSPS) is 36.8. The van der Waals surface area contributed by atoms with Crippen molar-refractivity contribution in [2.75, 3.05) is 12.5 Å². The first-order valence-electron chi connectivity index (χ1n) is 2.94. The van der Waals surface area contributed by atoms with Gasteiger partial charge in [0.2, 0.25) is 0 Å². The Hall–Kier alpha value is 0.700. The van der Waals surface area contributed by atoms with Crippen LogP contribution in [0.5, 0.6) is 0 Å². The smallest absolute Gasteiger partial charge is 0.0164 e. The van der Waals surface area contributed by atoms with E-state index in [1.165, 1.54) is 12.8 Å². The van der Waals surface area contributed by atoms with E-state index in [4.69, 9.17) is 0 Å². The van der Waals surface area contributed by atoms with Gasteiger partial charge in [0.15, 0.2) is 0 Å². The van der Waals surface area contributed by atoms with E-state index < -0.39 is 0 Å². The molecule has 0 nitrogen and oxygen atoms in total. The van der Waals surface area contributed by atoms with Crippen LogP contribution in [-0.4, -0.2) is 23.0 Å². The van der Waals surface area contributed by atoms with Crippen molar-refractivity contribution in [2.24, 2.45) is 0 Å². The zero-order valence-corrected chi connectivity index (χ0v) is 7.02. The standard InChI is InChI=1S/C6H12S2/c1-7-5-3-4-6(5)8-2/h5-6H,3-4H2,1-2H3. The van der Waals surface area contributed by atoms with Crippen LogP contribution in [0.15, 0.2) is 0 Å². The minimum absolute atomic E-state index is 0.977. The number of hydrogen-bond donors (Lipinski definition) is 0. The van der Waals surface area contributed by atoms with Gasteiger partial charge in [-0.25, -0.2) is 0 Å². The molecular formula is C6H12S2. The van der Waals surface area contributed by atoms with E-state index in [9.17, 15) is 0 Å². The van der Waals surface area contributed by atoms with Gasteiger partial charge in [-0.2, -0.15) is 23.5 Å². The molecule has 1 aliphatic carbocycles. The van der Waals surface area contributed by atoms with Gasteiger partial charge in [0.1, 0.15) is 0 Å². The van der Waals surface area contributed by atoms with Crippen molar-refractivity contribution in [3.8, 4) is 0 Å². The molecule has 0 N–H and O–H groups in total. The van der Waals surface area contributed by atoms with Crippen molar-refractivity contribution in [3.63, 3.8) is 0 Å². The topological polar surface area (TPSA) is 0 Å². The molecule has 1 saturated carbocycles. The van der Waals surface area contributed by atoms with Crippen LogP contribution in [0, 0.1) is 0 Å². The Morgan fingerprint density at radius 3 is 1.50 bits per heavy atom. The molecule has 0 heterocycles. The maximum Gasteiger partial charge on any atom is 0.0164 e. The molecule has 2 heteroatoms. The number of rotatable bonds is 2. The molecule has 0 aromatic carbocycles. The van der Waals surface area contributed by atoms with Crippen molar-refractivity contribution in [2.45, 2.75) is 23.3 Å². The first kappa shape index (κ1) is 6.81. The Bertz CT molecular complexity index is 58.9. The van der Waals surface area contributed by atoms with E-state index in [1.807, 2.05) is 23.5 Å². The summed E-state index contributed by atoms with van der Waals surface area (Å²) in [5.74, 6) is 0. The molecule has 8 heavy (non-hydrogen) atoms. The van der Waals surface area contributed by atoms with Crippen LogP contribution < -0.4 is 0 Å². The summed E-state index contributed by atoms with van der Waals surface area (Å²) in [7, 11) is 0. The van der Waals surface area contributed by atoms with Gasteiger partial charge in [0.25, 0.3) is 0 Å². The van der Waals surface area contributed by atoms with Crippen LogP contribution in [0.25, 0.3) is 0 Å². The lowest BCUT2D eigenvalue weighted by Crippen LogP contribution is -2.30. The van der Waals surface area contributed by atoms with Gasteiger partial charge in [-0.3, -0.25) is 0 Å². The third-order valence-corrected chi connectivity index (χ3v) is 4.27. The molecule has 0 amide bonds. The third-order valence-electron chi connectivity index (χ3n) is 1.76. The second-order valence-corrected chi connectivity index (χ2v) is 4.28. The summed E-state index contributed by atoms with van der Waals surface area (Å²) in [5.41, 5.74) is 0. The van der Waals surface area contributed by atoms with E-state index in [0.29, 0.717) is 0 Å². The molecule has 0 aromatic rings. The van der Waals surface area contributed by atoms with Gasteiger partial charge < -0.3 is 0 Å². The van der Waals surface area contributed by atoms with E-state index in [0.717, 1.165) is 10.5 Å². The highest BCUT2D eigenvalue weighted by molar-refractivity contribution is 8.03. The minimum atomic E-state index is 0.977. The van der Waals surface area contributed by atoms with Gasteiger partial charge in [-0.15, -0.1) is 0 Å². The predicted octanol–water partition coefficient (Wildman–Crippen LogP) is 2.24. The van der Waals surface area contributed by atoms with Crippen molar-refractivity contribution >= 4 is 23.5 Å². The Kier molecular flexibility index (Phi) is 2.57. The number of thioether (sulfide) groups is 2. The lowest BCUT2D eigenvalue weighted by atomic mass is 9.99. The largest absolute Gasteiger partial charge is 0.161 e. The highest BCUT2D eigenvalue weighted by atomic mass is 32.2. The van der Waals surface area contributed by atoms with Crippen molar-refractivity contribution in [1.29, 1.82) is 0 Å². The Morgan fingerprint density at radius 2 is 1.38 bits per heavy atom. The molecule has 0 spiro atoms. The van der Waals surface area contributed by atoms with E-state index in [-0.39, 0.29) is 0 Å². The molecule has 2 unspecified atom stereocenters. The van der Waals surface area contributed by atoms with Crippen LogP contribution in [0.3, 0.4) is 0 Å². The average Bonchev–Trinajstić information content (AvgIpc) is 1.66. The second-order valence-electron chi connectivity index (χ2n) is 2.13. The highest BCUT2D eigenvalue weighted by Crippen LogP contribution is 2.37. The lowest BCUT2D eigenvalue weighted by Gasteiger charge is -2.33. The van der Waals surface area contributed by atoms with Gasteiger partial charge in [0, 0.05) is 10.5 Å². The predicted molar refractivity (Wildman–Crippen MR) is 43.8 cm³/mol. The SMILES string of the molecule is CSC1CCC1SC. The molecule has 1 fully saturated rings. The maximum absolute atomic E-state index is 2.22. The van der Waals surface area contributed by atoms with Crippen LogP contribution in [0.4, 0.5) is 0 Å². The summed E-state index contributed by atoms with van der Waals surface area (Å²) in [4.78, 5) is 0. The zero-order valence-electron chi connectivity index (χ0n) is 5.39. The molecular weight excluding hydrogens is 136 g/mol. The summed E-state index contributed by atoms with van der Waals surface area (Å²) in [6.45, 7) is 0.